The van der Waals surface area contributed by atoms with Crippen LogP contribution in [0.15, 0.2) is 59.1 Å². The van der Waals surface area contributed by atoms with Gasteiger partial charge in [-0.2, -0.15) is 4.99 Å². The van der Waals surface area contributed by atoms with Gasteiger partial charge >= 0.3 is 0 Å². The standard InChI is InChI=1S/C25H32N4O2/c1-18(2)20-8-10-22(11-9-20)29-13-12-21(16-19-6-5-7-23(30)17-19)24(29)27-25(26)28(3)14-15-31-4/h5-11,16-18,26,30H,12-15H2,1-4H3/b21-16+,26-25?,27-24?. The molecule has 1 aliphatic rings. The van der Waals surface area contributed by atoms with Gasteiger partial charge in [0.15, 0.2) is 0 Å². The van der Waals surface area contributed by atoms with Crippen LogP contribution in [0.1, 0.15) is 37.3 Å². The first kappa shape index (κ1) is 22.6. The van der Waals surface area contributed by atoms with Crippen LogP contribution >= 0.6 is 0 Å². The van der Waals surface area contributed by atoms with Crippen molar-refractivity contribution in [2.45, 2.75) is 26.2 Å². The van der Waals surface area contributed by atoms with Crippen molar-refractivity contribution in [3.8, 4) is 5.75 Å². The van der Waals surface area contributed by atoms with Crippen molar-refractivity contribution in [2.24, 2.45) is 4.99 Å². The topological polar surface area (TPSA) is 72.1 Å². The van der Waals surface area contributed by atoms with Crippen LogP contribution in [-0.4, -0.2) is 55.7 Å². The predicted octanol–water partition coefficient (Wildman–Crippen LogP) is 4.72. The zero-order chi connectivity index (χ0) is 22.4. The average molecular weight is 421 g/mol. The summed E-state index contributed by atoms with van der Waals surface area (Å²) in [6.45, 7) is 6.30. The van der Waals surface area contributed by atoms with Gasteiger partial charge in [0.25, 0.3) is 0 Å². The molecular formula is C25H32N4O2. The highest BCUT2D eigenvalue weighted by Gasteiger charge is 2.26. The summed E-state index contributed by atoms with van der Waals surface area (Å²) in [5.41, 5.74) is 4.32. The lowest BCUT2D eigenvalue weighted by molar-refractivity contribution is 0.182. The Bertz CT molecular complexity index is 964. The highest BCUT2D eigenvalue weighted by molar-refractivity contribution is 6.17. The van der Waals surface area contributed by atoms with Crippen molar-refractivity contribution < 1.29 is 9.84 Å². The number of anilines is 1. The summed E-state index contributed by atoms with van der Waals surface area (Å²) in [7, 11) is 3.50. The molecule has 0 amide bonds. The van der Waals surface area contributed by atoms with E-state index in [2.05, 4.69) is 43.0 Å². The van der Waals surface area contributed by atoms with Gasteiger partial charge in [-0.1, -0.05) is 38.1 Å². The quantitative estimate of drug-likeness (QED) is 0.524. The van der Waals surface area contributed by atoms with E-state index >= 15 is 0 Å². The van der Waals surface area contributed by atoms with E-state index in [-0.39, 0.29) is 11.7 Å². The normalized spacial score (nSPS) is 16.5. The molecule has 1 heterocycles. The molecule has 2 N–H and O–H groups in total. The van der Waals surface area contributed by atoms with Gasteiger partial charge in [-0.3, -0.25) is 5.41 Å². The smallest absolute Gasteiger partial charge is 0.219 e. The molecule has 0 saturated carbocycles. The van der Waals surface area contributed by atoms with Crippen LogP contribution in [-0.2, 0) is 4.74 Å². The van der Waals surface area contributed by atoms with Gasteiger partial charge in [0.1, 0.15) is 11.6 Å². The van der Waals surface area contributed by atoms with Crippen LogP contribution in [0.2, 0.25) is 0 Å². The highest BCUT2D eigenvalue weighted by atomic mass is 16.5. The Labute approximate surface area is 185 Å². The van der Waals surface area contributed by atoms with Crippen LogP contribution in [0.3, 0.4) is 0 Å². The van der Waals surface area contributed by atoms with Crippen LogP contribution in [0.25, 0.3) is 6.08 Å². The molecule has 0 aliphatic carbocycles. The third-order valence-corrected chi connectivity index (χ3v) is 5.43. The Kier molecular flexibility index (Phi) is 7.47. The second kappa shape index (κ2) is 10.3. The molecule has 31 heavy (non-hydrogen) atoms. The molecule has 1 saturated heterocycles. The number of nitrogens with zero attached hydrogens (tertiary/aromatic N) is 3. The van der Waals surface area contributed by atoms with E-state index in [1.807, 2.05) is 25.3 Å². The molecule has 0 spiro atoms. The zero-order valence-corrected chi connectivity index (χ0v) is 18.8. The molecule has 1 aliphatic heterocycles. The third-order valence-electron chi connectivity index (χ3n) is 5.43. The van der Waals surface area contributed by atoms with E-state index in [4.69, 9.17) is 15.1 Å². The lowest BCUT2D eigenvalue weighted by atomic mass is 10.0. The first-order valence-corrected chi connectivity index (χ1v) is 10.6. The number of likely N-dealkylation sites (N-methyl/N-ethyl adjacent to an activating group) is 1. The number of nitrogens with one attached hydrogen (secondary N) is 1. The fourth-order valence-corrected chi connectivity index (χ4v) is 3.52. The number of hydrogen-bond acceptors (Lipinski definition) is 3. The van der Waals surface area contributed by atoms with Gasteiger partial charge in [-0.05, 0) is 59.4 Å². The minimum atomic E-state index is 0.194. The average Bonchev–Trinajstić information content (AvgIpc) is 3.14. The molecule has 0 unspecified atom stereocenters. The van der Waals surface area contributed by atoms with Crippen LogP contribution < -0.4 is 4.90 Å². The van der Waals surface area contributed by atoms with Gasteiger partial charge in [0.2, 0.25) is 5.96 Å². The Morgan fingerprint density at radius 1 is 1.26 bits per heavy atom. The maximum atomic E-state index is 9.83. The number of aromatic hydroxyl groups is 1. The van der Waals surface area contributed by atoms with Crippen molar-refractivity contribution in [3.63, 3.8) is 0 Å². The Hall–Kier alpha value is -3.12. The van der Waals surface area contributed by atoms with E-state index in [9.17, 15) is 5.11 Å². The lowest BCUT2D eigenvalue weighted by Gasteiger charge is -2.22. The van der Waals surface area contributed by atoms with E-state index in [1.54, 1.807) is 24.1 Å². The zero-order valence-electron chi connectivity index (χ0n) is 18.8. The Morgan fingerprint density at radius 2 is 2.00 bits per heavy atom. The number of ether oxygens (including phenoxy) is 1. The Morgan fingerprint density at radius 3 is 2.65 bits per heavy atom. The summed E-state index contributed by atoms with van der Waals surface area (Å²) in [4.78, 5) is 8.65. The molecule has 164 valence electrons. The number of aliphatic imine (C=N–C) groups is 1. The predicted molar refractivity (Wildman–Crippen MR) is 128 cm³/mol. The summed E-state index contributed by atoms with van der Waals surface area (Å²) >= 11 is 0. The summed E-state index contributed by atoms with van der Waals surface area (Å²) < 4.78 is 5.13. The SMILES string of the molecule is COCCN(C)C(=N)N=C1/C(=C/c2cccc(O)c2)CCN1c1ccc(C(C)C)cc1. The molecule has 0 bridgehead atoms. The van der Waals surface area contributed by atoms with E-state index < -0.39 is 0 Å². The number of rotatable bonds is 6. The summed E-state index contributed by atoms with van der Waals surface area (Å²) in [5, 5.41) is 18.3. The lowest BCUT2D eigenvalue weighted by Crippen LogP contribution is -2.32. The summed E-state index contributed by atoms with van der Waals surface area (Å²) in [6.07, 6.45) is 2.86. The fourth-order valence-electron chi connectivity index (χ4n) is 3.52. The fraction of sp³-hybridized carbons (Fsp3) is 0.360. The van der Waals surface area contributed by atoms with E-state index in [0.29, 0.717) is 19.1 Å². The minimum absolute atomic E-state index is 0.194. The number of hydrogen-bond donors (Lipinski definition) is 2. The van der Waals surface area contributed by atoms with E-state index in [0.717, 1.165) is 35.6 Å². The number of benzene rings is 2. The number of phenolic OH excluding ortho intramolecular Hbond substituents is 1. The number of amidine groups is 1. The second-order valence-corrected chi connectivity index (χ2v) is 8.09. The maximum Gasteiger partial charge on any atom is 0.219 e. The number of phenols is 1. The van der Waals surface area contributed by atoms with Crippen molar-refractivity contribution in [2.75, 3.05) is 38.8 Å². The van der Waals surface area contributed by atoms with Gasteiger partial charge in [-0.15, -0.1) is 0 Å². The largest absolute Gasteiger partial charge is 0.508 e. The molecule has 0 aromatic heterocycles. The molecular weight excluding hydrogens is 388 g/mol. The molecule has 1 fully saturated rings. The monoisotopic (exact) mass is 420 g/mol. The molecule has 0 radical (unpaired) electrons. The first-order chi connectivity index (χ1) is 14.9. The van der Waals surface area contributed by atoms with Gasteiger partial charge in [0, 0.05) is 32.9 Å². The molecule has 3 rings (SSSR count). The summed E-state index contributed by atoms with van der Waals surface area (Å²) in [5.74, 6) is 1.68. The van der Waals surface area contributed by atoms with Gasteiger partial charge < -0.3 is 19.6 Å². The third kappa shape index (κ3) is 5.73. The van der Waals surface area contributed by atoms with E-state index in [1.165, 1.54) is 5.56 Å². The second-order valence-electron chi connectivity index (χ2n) is 8.09. The van der Waals surface area contributed by atoms with Crippen molar-refractivity contribution >= 4 is 23.6 Å². The number of guanidine groups is 1. The molecule has 2 aromatic rings. The molecule has 6 nitrogen and oxygen atoms in total. The molecule has 2 aromatic carbocycles. The summed E-state index contributed by atoms with van der Waals surface area (Å²) in [6, 6.07) is 15.8. The molecule has 6 heteroatoms. The minimum Gasteiger partial charge on any atom is -0.508 e. The first-order valence-electron chi connectivity index (χ1n) is 10.6. The number of methoxy groups -OCH3 is 1. The van der Waals surface area contributed by atoms with Crippen molar-refractivity contribution in [3.05, 3.63) is 65.2 Å². The van der Waals surface area contributed by atoms with Gasteiger partial charge in [0.05, 0.1) is 6.61 Å². The molecule has 0 atom stereocenters. The van der Waals surface area contributed by atoms with Crippen LogP contribution in [0.5, 0.6) is 5.75 Å². The van der Waals surface area contributed by atoms with Gasteiger partial charge in [-0.25, -0.2) is 0 Å². The van der Waals surface area contributed by atoms with Crippen LogP contribution in [0, 0.1) is 5.41 Å². The van der Waals surface area contributed by atoms with Crippen molar-refractivity contribution in [1.29, 1.82) is 5.41 Å². The van der Waals surface area contributed by atoms with Crippen molar-refractivity contribution in [1.82, 2.24) is 4.90 Å². The Balaban J connectivity index is 1.96. The highest BCUT2D eigenvalue weighted by Crippen LogP contribution is 2.29. The maximum absolute atomic E-state index is 9.83. The van der Waals surface area contributed by atoms with Crippen LogP contribution in [0.4, 0.5) is 5.69 Å².